The number of benzene rings is 1. The molecular formula is C12H8Cl2N2O3. The fourth-order valence-corrected chi connectivity index (χ4v) is 1.88. The van der Waals surface area contributed by atoms with Crippen LogP contribution in [0.15, 0.2) is 36.5 Å². The van der Waals surface area contributed by atoms with Crippen molar-refractivity contribution in [2.75, 3.05) is 0 Å². The molecule has 7 heteroatoms. The minimum absolute atomic E-state index is 0.0430. The summed E-state index contributed by atoms with van der Waals surface area (Å²) >= 11 is 11.8. The predicted octanol–water partition coefficient (Wildman–Crippen LogP) is 3.88. The van der Waals surface area contributed by atoms with Gasteiger partial charge in [-0.15, -0.1) is 0 Å². The van der Waals surface area contributed by atoms with Crippen molar-refractivity contribution in [1.29, 1.82) is 0 Å². The van der Waals surface area contributed by atoms with Crippen LogP contribution in [-0.2, 0) is 6.61 Å². The van der Waals surface area contributed by atoms with Crippen LogP contribution in [0.3, 0.4) is 0 Å². The van der Waals surface area contributed by atoms with Gasteiger partial charge in [0.05, 0.1) is 4.92 Å². The summed E-state index contributed by atoms with van der Waals surface area (Å²) in [6.07, 6.45) is 1.42. The van der Waals surface area contributed by atoms with Gasteiger partial charge in [0.2, 0.25) is 0 Å². The van der Waals surface area contributed by atoms with E-state index in [-0.39, 0.29) is 18.2 Å². The van der Waals surface area contributed by atoms with Crippen molar-refractivity contribution in [3.8, 4) is 5.88 Å². The molecule has 0 aliphatic heterocycles. The first-order chi connectivity index (χ1) is 9.08. The van der Waals surface area contributed by atoms with Crippen molar-refractivity contribution in [3.63, 3.8) is 0 Å². The second kappa shape index (κ2) is 5.86. The van der Waals surface area contributed by atoms with Crippen molar-refractivity contribution in [2.45, 2.75) is 6.61 Å². The summed E-state index contributed by atoms with van der Waals surface area (Å²) < 4.78 is 5.32. The first-order valence-corrected chi connectivity index (χ1v) is 5.99. The molecule has 0 atom stereocenters. The largest absolute Gasteiger partial charge is 0.468 e. The minimum Gasteiger partial charge on any atom is -0.468 e. The molecule has 0 aliphatic rings. The summed E-state index contributed by atoms with van der Waals surface area (Å²) in [5.41, 5.74) is 0.485. The van der Waals surface area contributed by atoms with Crippen molar-refractivity contribution in [1.82, 2.24) is 4.98 Å². The highest BCUT2D eigenvalue weighted by Gasteiger charge is 2.16. The van der Waals surface area contributed by atoms with Crippen LogP contribution >= 0.6 is 23.2 Å². The topological polar surface area (TPSA) is 65.3 Å². The molecule has 0 fully saturated rings. The molecule has 0 bridgehead atoms. The van der Waals surface area contributed by atoms with Gasteiger partial charge in [0.1, 0.15) is 6.61 Å². The third-order valence-electron chi connectivity index (χ3n) is 2.33. The highest BCUT2D eigenvalue weighted by Crippen LogP contribution is 2.26. The van der Waals surface area contributed by atoms with Crippen LogP contribution in [0.25, 0.3) is 0 Å². The van der Waals surface area contributed by atoms with Gasteiger partial charge in [-0.1, -0.05) is 29.3 Å². The molecular weight excluding hydrogens is 291 g/mol. The number of ether oxygens (including phenoxy) is 1. The van der Waals surface area contributed by atoms with Gasteiger partial charge < -0.3 is 4.74 Å². The van der Waals surface area contributed by atoms with Gasteiger partial charge in [-0.3, -0.25) is 10.1 Å². The lowest BCUT2D eigenvalue weighted by Crippen LogP contribution is -2.01. The number of nitrogens with zero attached hydrogens (tertiary/aromatic N) is 2. The summed E-state index contributed by atoms with van der Waals surface area (Å²) in [6.45, 7) is 0.0772. The van der Waals surface area contributed by atoms with E-state index < -0.39 is 4.92 Å². The van der Waals surface area contributed by atoms with E-state index in [1.165, 1.54) is 18.3 Å². The molecule has 1 heterocycles. The maximum atomic E-state index is 10.8. The van der Waals surface area contributed by atoms with Crippen molar-refractivity contribution >= 4 is 28.9 Å². The molecule has 0 aliphatic carbocycles. The molecule has 19 heavy (non-hydrogen) atoms. The van der Waals surface area contributed by atoms with Gasteiger partial charge >= 0.3 is 5.69 Å². The maximum Gasteiger partial charge on any atom is 0.330 e. The number of halogens is 2. The molecule has 0 spiro atoms. The Morgan fingerprint density at radius 3 is 2.79 bits per heavy atom. The third kappa shape index (κ3) is 3.33. The van der Waals surface area contributed by atoms with E-state index in [4.69, 9.17) is 27.9 Å². The first kappa shape index (κ1) is 13.6. The molecule has 1 aromatic carbocycles. The van der Waals surface area contributed by atoms with Crippen LogP contribution in [0.4, 0.5) is 5.69 Å². The van der Waals surface area contributed by atoms with E-state index >= 15 is 0 Å². The number of nitro groups is 1. The molecule has 2 aromatic rings. The molecule has 0 saturated heterocycles. The summed E-state index contributed by atoms with van der Waals surface area (Å²) in [5, 5.41) is 11.7. The smallest absolute Gasteiger partial charge is 0.330 e. The Hall–Kier alpha value is -1.85. The molecule has 0 saturated carbocycles. The minimum atomic E-state index is -0.550. The molecule has 2 rings (SSSR count). The van der Waals surface area contributed by atoms with E-state index in [9.17, 15) is 10.1 Å². The standard InChI is InChI=1S/C12H8Cl2N2O3/c13-9-4-3-8(10(14)6-9)7-19-12-11(16(17)18)2-1-5-15-12/h1-6H,7H2. The molecule has 0 radical (unpaired) electrons. The van der Waals surface area contributed by atoms with Crippen LogP contribution in [0.1, 0.15) is 5.56 Å². The number of aromatic nitrogens is 1. The molecule has 1 aromatic heterocycles. The van der Waals surface area contributed by atoms with Crippen LogP contribution in [0, 0.1) is 10.1 Å². The number of rotatable bonds is 4. The predicted molar refractivity (Wildman–Crippen MR) is 71.7 cm³/mol. The van der Waals surface area contributed by atoms with Gasteiger partial charge in [0, 0.05) is 27.9 Å². The summed E-state index contributed by atoms with van der Waals surface area (Å²) in [5.74, 6) is -0.0430. The van der Waals surface area contributed by atoms with Gasteiger partial charge in [0.25, 0.3) is 5.88 Å². The third-order valence-corrected chi connectivity index (χ3v) is 2.91. The van der Waals surface area contributed by atoms with Crippen LogP contribution < -0.4 is 4.74 Å². The SMILES string of the molecule is O=[N+]([O-])c1cccnc1OCc1ccc(Cl)cc1Cl. The molecule has 98 valence electrons. The summed E-state index contributed by atoms with van der Waals surface area (Å²) in [6, 6.07) is 7.74. The van der Waals surface area contributed by atoms with Crippen molar-refractivity contribution in [2.24, 2.45) is 0 Å². The average Bonchev–Trinajstić information content (AvgIpc) is 2.38. The van der Waals surface area contributed by atoms with E-state index in [1.54, 1.807) is 18.2 Å². The Morgan fingerprint density at radius 1 is 1.32 bits per heavy atom. The van der Waals surface area contributed by atoms with E-state index in [1.807, 2.05) is 0 Å². The second-order valence-corrected chi connectivity index (χ2v) is 4.45. The van der Waals surface area contributed by atoms with Gasteiger partial charge in [-0.05, 0) is 18.2 Å². The lowest BCUT2D eigenvalue weighted by molar-refractivity contribution is -0.386. The normalized spacial score (nSPS) is 10.2. The average molecular weight is 299 g/mol. The fraction of sp³-hybridized carbons (Fsp3) is 0.0833. The van der Waals surface area contributed by atoms with Crippen LogP contribution in [-0.4, -0.2) is 9.91 Å². The zero-order valence-corrected chi connectivity index (χ0v) is 11.1. The second-order valence-electron chi connectivity index (χ2n) is 3.61. The first-order valence-electron chi connectivity index (χ1n) is 5.24. The number of hydrogen-bond donors (Lipinski definition) is 0. The Labute approximate surface area is 118 Å². The summed E-state index contributed by atoms with van der Waals surface area (Å²) in [7, 11) is 0. The highest BCUT2D eigenvalue weighted by atomic mass is 35.5. The summed E-state index contributed by atoms with van der Waals surface area (Å²) in [4.78, 5) is 14.1. The Kier molecular flexibility index (Phi) is 4.19. The Balaban J connectivity index is 2.17. The lowest BCUT2D eigenvalue weighted by atomic mass is 10.2. The lowest BCUT2D eigenvalue weighted by Gasteiger charge is -2.07. The number of pyridine rings is 1. The zero-order valence-electron chi connectivity index (χ0n) is 9.55. The monoisotopic (exact) mass is 298 g/mol. The zero-order chi connectivity index (χ0) is 13.8. The van der Waals surface area contributed by atoms with E-state index in [2.05, 4.69) is 4.98 Å². The van der Waals surface area contributed by atoms with E-state index in [0.29, 0.717) is 15.6 Å². The fourth-order valence-electron chi connectivity index (χ4n) is 1.42. The number of hydrogen-bond acceptors (Lipinski definition) is 4. The Morgan fingerprint density at radius 2 is 2.11 bits per heavy atom. The molecule has 0 amide bonds. The van der Waals surface area contributed by atoms with Crippen LogP contribution in [0.2, 0.25) is 10.0 Å². The maximum absolute atomic E-state index is 10.8. The van der Waals surface area contributed by atoms with Crippen molar-refractivity contribution < 1.29 is 9.66 Å². The van der Waals surface area contributed by atoms with Gasteiger partial charge in [0.15, 0.2) is 0 Å². The molecule has 5 nitrogen and oxygen atoms in total. The van der Waals surface area contributed by atoms with Crippen LogP contribution in [0.5, 0.6) is 5.88 Å². The van der Waals surface area contributed by atoms with Crippen molar-refractivity contribution in [3.05, 3.63) is 62.3 Å². The van der Waals surface area contributed by atoms with E-state index in [0.717, 1.165) is 0 Å². The molecule has 0 unspecified atom stereocenters. The molecule has 0 N–H and O–H groups in total. The van der Waals surface area contributed by atoms with Gasteiger partial charge in [-0.25, -0.2) is 4.98 Å². The quantitative estimate of drug-likeness (QED) is 0.635. The highest BCUT2D eigenvalue weighted by molar-refractivity contribution is 6.35. The van der Waals surface area contributed by atoms with Gasteiger partial charge in [-0.2, -0.15) is 0 Å². The Bertz CT molecular complexity index is 620.